The first-order valence-electron chi connectivity index (χ1n) is 9.92. The molecule has 0 bridgehead atoms. The molecule has 150 valence electrons. The lowest BCUT2D eigenvalue weighted by Crippen LogP contribution is -2.32. The van der Waals surface area contributed by atoms with Crippen molar-refractivity contribution in [3.8, 4) is 5.69 Å². The molecule has 0 atom stereocenters. The Bertz CT molecular complexity index is 1100. The molecule has 0 fully saturated rings. The van der Waals surface area contributed by atoms with E-state index in [0.717, 1.165) is 23.2 Å². The topological polar surface area (TPSA) is 63.9 Å². The van der Waals surface area contributed by atoms with Gasteiger partial charge in [-0.15, -0.1) is 5.10 Å². The van der Waals surface area contributed by atoms with Gasteiger partial charge in [-0.2, -0.15) is 0 Å². The molecule has 0 aliphatic rings. The van der Waals surface area contributed by atoms with Crippen LogP contribution in [0.15, 0.2) is 85.2 Å². The van der Waals surface area contributed by atoms with Crippen molar-refractivity contribution >= 4 is 5.91 Å². The molecule has 6 heteroatoms. The summed E-state index contributed by atoms with van der Waals surface area (Å²) in [5.41, 5.74) is 4.79. The number of carbonyl (C=O) groups excluding carboxylic acids is 1. The second-order valence-electron chi connectivity index (χ2n) is 7.20. The van der Waals surface area contributed by atoms with Gasteiger partial charge in [0.2, 0.25) is 0 Å². The fraction of sp³-hybridized carbons (Fsp3) is 0.167. The van der Waals surface area contributed by atoms with Crippen molar-refractivity contribution in [3.63, 3.8) is 0 Å². The van der Waals surface area contributed by atoms with Crippen molar-refractivity contribution in [2.45, 2.75) is 19.9 Å². The Morgan fingerprint density at radius 3 is 2.27 bits per heavy atom. The second-order valence-corrected chi connectivity index (χ2v) is 7.20. The number of hydrogen-bond donors (Lipinski definition) is 0. The predicted octanol–water partition coefficient (Wildman–Crippen LogP) is 3.86. The van der Waals surface area contributed by atoms with Gasteiger partial charge in [0.1, 0.15) is 6.33 Å². The number of amides is 1. The second kappa shape index (κ2) is 9.13. The van der Waals surface area contributed by atoms with Crippen molar-refractivity contribution in [1.29, 1.82) is 0 Å². The smallest absolute Gasteiger partial charge is 0.254 e. The lowest BCUT2D eigenvalue weighted by Gasteiger charge is -2.23. The highest BCUT2D eigenvalue weighted by molar-refractivity contribution is 5.94. The molecular weight excluding hydrogens is 374 g/mol. The number of hydrogen-bond acceptors (Lipinski definition) is 4. The molecule has 1 amide bonds. The minimum atomic E-state index is 0.0150. The molecule has 0 unspecified atom stereocenters. The van der Waals surface area contributed by atoms with Crippen molar-refractivity contribution in [2.24, 2.45) is 0 Å². The van der Waals surface area contributed by atoms with E-state index in [-0.39, 0.29) is 5.91 Å². The number of rotatable bonds is 7. The van der Waals surface area contributed by atoms with Gasteiger partial charge in [-0.1, -0.05) is 60.7 Å². The maximum absolute atomic E-state index is 13.4. The van der Waals surface area contributed by atoms with Crippen LogP contribution in [0.25, 0.3) is 5.69 Å². The van der Waals surface area contributed by atoms with Crippen LogP contribution >= 0.6 is 0 Å². The molecule has 4 rings (SSSR count). The Morgan fingerprint density at radius 1 is 0.933 bits per heavy atom. The van der Waals surface area contributed by atoms with Crippen molar-refractivity contribution in [3.05, 3.63) is 107 Å². The minimum Gasteiger partial charge on any atom is -0.334 e. The molecular formula is C24H23N5O. The number of tetrazole rings is 1. The zero-order valence-electron chi connectivity index (χ0n) is 16.8. The summed E-state index contributed by atoms with van der Waals surface area (Å²) in [4.78, 5) is 15.3. The Balaban J connectivity index is 1.57. The maximum atomic E-state index is 13.4. The number of benzene rings is 3. The molecule has 0 aliphatic heterocycles. The average Bonchev–Trinajstić information content (AvgIpc) is 3.32. The molecule has 0 saturated heterocycles. The van der Waals surface area contributed by atoms with Crippen LogP contribution in [0.1, 0.15) is 27.0 Å². The van der Waals surface area contributed by atoms with Gasteiger partial charge in [-0.05, 0) is 58.7 Å². The number of aromatic nitrogens is 4. The number of aryl methyl sites for hydroxylation is 1. The third-order valence-corrected chi connectivity index (χ3v) is 5.06. The van der Waals surface area contributed by atoms with Crippen LogP contribution in [0.2, 0.25) is 0 Å². The summed E-state index contributed by atoms with van der Waals surface area (Å²) in [6, 6.07) is 26.0. The van der Waals surface area contributed by atoms with Crippen molar-refractivity contribution < 1.29 is 4.79 Å². The van der Waals surface area contributed by atoms with Gasteiger partial charge in [0.25, 0.3) is 5.91 Å². The van der Waals surface area contributed by atoms with Crippen molar-refractivity contribution in [2.75, 3.05) is 6.54 Å². The van der Waals surface area contributed by atoms with Crippen LogP contribution in [-0.2, 0) is 13.0 Å². The molecule has 0 radical (unpaired) electrons. The first kappa shape index (κ1) is 19.5. The van der Waals surface area contributed by atoms with Crippen LogP contribution < -0.4 is 0 Å². The molecule has 0 N–H and O–H groups in total. The van der Waals surface area contributed by atoms with Gasteiger partial charge in [0.15, 0.2) is 0 Å². The Kier molecular flexibility index (Phi) is 5.94. The minimum absolute atomic E-state index is 0.0150. The highest BCUT2D eigenvalue weighted by Crippen LogP contribution is 2.18. The SMILES string of the molecule is Cc1cc(C(=O)N(CCc2ccccc2)Cc2ccccc2)ccc1-n1cnnn1. The normalized spacial score (nSPS) is 10.7. The lowest BCUT2D eigenvalue weighted by atomic mass is 10.1. The van der Waals surface area contributed by atoms with Gasteiger partial charge in [0.05, 0.1) is 5.69 Å². The summed E-state index contributed by atoms with van der Waals surface area (Å²) < 4.78 is 1.60. The summed E-state index contributed by atoms with van der Waals surface area (Å²) in [6.45, 7) is 3.17. The Labute approximate surface area is 175 Å². The van der Waals surface area contributed by atoms with Crippen LogP contribution in [0.4, 0.5) is 0 Å². The van der Waals surface area contributed by atoms with E-state index in [4.69, 9.17) is 0 Å². The zero-order chi connectivity index (χ0) is 20.8. The summed E-state index contributed by atoms with van der Waals surface area (Å²) in [6.07, 6.45) is 2.35. The lowest BCUT2D eigenvalue weighted by molar-refractivity contribution is 0.0745. The van der Waals surface area contributed by atoms with Gasteiger partial charge in [-0.3, -0.25) is 4.79 Å². The summed E-state index contributed by atoms with van der Waals surface area (Å²) >= 11 is 0. The quantitative estimate of drug-likeness (QED) is 0.475. The maximum Gasteiger partial charge on any atom is 0.254 e. The third kappa shape index (κ3) is 4.60. The van der Waals surface area contributed by atoms with Crippen LogP contribution in [-0.4, -0.2) is 37.6 Å². The highest BCUT2D eigenvalue weighted by Gasteiger charge is 2.17. The summed E-state index contributed by atoms with van der Waals surface area (Å²) in [5.74, 6) is 0.0150. The molecule has 0 saturated carbocycles. The molecule has 1 heterocycles. The Hall–Kier alpha value is -3.80. The summed E-state index contributed by atoms with van der Waals surface area (Å²) in [7, 11) is 0. The number of nitrogens with zero attached hydrogens (tertiary/aromatic N) is 5. The number of carbonyl (C=O) groups is 1. The Morgan fingerprint density at radius 2 is 1.63 bits per heavy atom. The molecule has 1 aromatic heterocycles. The third-order valence-electron chi connectivity index (χ3n) is 5.06. The van der Waals surface area contributed by atoms with Gasteiger partial charge < -0.3 is 4.90 Å². The van der Waals surface area contributed by atoms with Crippen LogP contribution in [0.5, 0.6) is 0 Å². The molecule has 6 nitrogen and oxygen atoms in total. The van der Waals surface area contributed by atoms with E-state index in [2.05, 4.69) is 39.8 Å². The molecule has 3 aromatic carbocycles. The first-order valence-corrected chi connectivity index (χ1v) is 9.92. The van der Waals surface area contributed by atoms with Crippen molar-refractivity contribution in [1.82, 2.24) is 25.1 Å². The predicted molar refractivity (Wildman–Crippen MR) is 115 cm³/mol. The first-order chi connectivity index (χ1) is 14.7. The van der Waals surface area contributed by atoms with E-state index in [1.54, 1.807) is 11.0 Å². The van der Waals surface area contributed by atoms with E-state index in [9.17, 15) is 4.79 Å². The fourth-order valence-electron chi connectivity index (χ4n) is 3.46. The standard InChI is InChI=1S/C24H23N5O/c1-19-16-22(12-13-23(19)29-18-25-26-27-29)24(30)28(17-21-10-6-3-7-11-21)15-14-20-8-4-2-5-9-20/h2-13,16,18H,14-15,17H2,1H3. The summed E-state index contributed by atoms with van der Waals surface area (Å²) in [5, 5.41) is 11.3. The highest BCUT2D eigenvalue weighted by atomic mass is 16.2. The van der Waals surface area contributed by atoms with Gasteiger partial charge in [-0.25, -0.2) is 4.68 Å². The fourth-order valence-corrected chi connectivity index (χ4v) is 3.46. The van der Waals surface area contributed by atoms with E-state index in [0.29, 0.717) is 18.7 Å². The molecule has 0 aliphatic carbocycles. The zero-order valence-corrected chi connectivity index (χ0v) is 16.8. The monoisotopic (exact) mass is 397 g/mol. The van der Waals surface area contributed by atoms with E-state index in [1.165, 1.54) is 5.56 Å². The largest absolute Gasteiger partial charge is 0.334 e. The van der Waals surface area contributed by atoms with Gasteiger partial charge in [0, 0.05) is 18.7 Å². The van der Waals surface area contributed by atoms with Gasteiger partial charge >= 0.3 is 0 Å². The average molecular weight is 397 g/mol. The van der Waals surface area contributed by atoms with E-state index >= 15 is 0 Å². The molecule has 30 heavy (non-hydrogen) atoms. The van der Waals surface area contributed by atoms with E-state index < -0.39 is 0 Å². The molecule has 0 spiro atoms. The van der Waals surface area contributed by atoms with E-state index in [1.807, 2.05) is 66.4 Å². The molecule has 4 aromatic rings. The van der Waals surface area contributed by atoms with Crippen LogP contribution in [0.3, 0.4) is 0 Å². The van der Waals surface area contributed by atoms with Crippen LogP contribution in [0, 0.1) is 6.92 Å².